The van der Waals surface area contributed by atoms with Crippen LogP contribution in [0.4, 0.5) is 10.5 Å². The van der Waals surface area contributed by atoms with Crippen molar-refractivity contribution < 1.29 is 14.4 Å². The van der Waals surface area contributed by atoms with Crippen molar-refractivity contribution in [2.24, 2.45) is 5.92 Å². The van der Waals surface area contributed by atoms with Gasteiger partial charge in [0.15, 0.2) is 0 Å². The minimum Gasteiger partial charge on any atom is -0.378 e. The van der Waals surface area contributed by atoms with Crippen LogP contribution in [-0.4, -0.2) is 61.0 Å². The third-order valence-corrected chi connectivity index (χ3v) is 5.84. The van der Waals surface area contributed by atoms with Crippen LogP contribution in [0.2, 0.25) is 0 Å². The highest BCUT2D eigenvalue weighted by Crippen LogP contribution is 2.35. The second kappa shape index (κ2) is 8.41. The fraction of sp³-hybridized carbons (Fsp3) is 0.571. The number of carbonyl (C=O) groups excluding carboxylic acids is 3. The molecular weight excluding hydrogens is 370 g/mol. The summed E-state index contributed by atoms with van der Waals surface area (Å²) in [5.41, 5.74) is 3.83. The largest absolute Gasteiger partial charge is 0.378 e. The molecule has 0 atom stereocenters. The highest BCUT2D eigenvalue weighted by atomic mass is 16.2. The van der Waals surface area contributed by atoms with Crippen LogP contribution in [0.1, 0.15) is 38.2 Å². The smallest absolute Gasteiger partial charge is 0.344 e. The Hall–Kier alpha value is -2.61. The standard InChI is InChI=1S/C21H31N5O3/c1-15-9-11-21(12-10-15)19(28)26(20(29)22-21)23-18(27)14-25(4)13-16-5-7-17(8-6-16)24(2)3/h5-8,15H,9-14H2,1-4H3,(H,22,29)(H,23,27). The molecule has 29 heavy (non-hydrogen) atoms. The molecule has 1 aromatic rings. The predicted octanol–water partition coefficient (Wildman–Crippen LogP) is 1.72. The second-order valence-electron chi connectivity index (χ2n) is 8.60. The number of urea groups is 1. The van der Waals surface area contributed by atoms with E-state index in [9.17, 15) is 14.4 Å². The molecule has 1 aliphatic heterocycles. The van der Waals surface area contributed by atoms with Gasteiger partial charge < -0.3 is 10.2 Å². The van der Waals surface area contributed by atoms with Crippen LogP contribution in [0.25, 0.3) is 0 Å². The number of benzene rings is 1. The van der Waals surface area contributed by atoms with Gasteiger partial charge in [-0.25, -0.2) is 4.79 Å². The summed E-state index contributed by atoms with van der Waals surface area (Å²) < 4.78 is 0. The fourth-order valence-corrected chi connectivity index (χ4v) is 3.99. The molecule has 1 saturated carbocycles. The van der Waals surface area contributed by atoms with E-state index < -0.39 is 11.6 Å². The average molecular weight is 402 g/mol. The Bertz CT molecular complexity index is 769. The van der Waals surface area contributed by atoms with Crippen LogP contribution >= 0.6 is 0 Å². The third kappa shape index (κ3) is 4.70. The van der Waals surface area contributed by atoms with Crippen molar-refractivity contribution in [2.75, 3.05) is 32.6 Å². The van der Waals surface area contributed by atoms with Gasteiger partial charge in [0.2, 0.25) is 0 Å². The SMILES string of the molecule is CC1CCC2(CC1)NC(=O)N(NC(=O)CN(C)Cc1ccc(N(C)C)cc1)C2=O. The molecule has 0 aromatic heterocycles. The van der Waals surface area contributed by atoms with E-state index in [1.54, 1.807) is 0 Å². The van der Waals surface area contributed by atoms with Gasteiger partial charge in [0, 0.05) is 26.3 Å². The Morgan fingerprint density at radius 1 is 1.17 bits per heavy atom. The Morgan fingerprint density at radius 2 is 1.79 bits per heavy atom. The lowest BCUT2D eigenvalue weighted by Crippen LogP contribution is -2.52. The number of nitrogens with zero attached hydrogens (tertiary/aromatic N) is 3. The van der Waals surface area contributed by atoms with E-state index in [1.807, 2.05) is 55.2 Å². The highest BCUT2D eigenvalue weighted by molar-refractivity contribution is 6.08. The van der Waals surface area contributed by atoms with Crippen LogP contribution in [0.3, 0.4) is 0 Å². The molecule has 1 spiro atoms. The molecular formula is C21H31N5O3. The molecule has 1 aliphatic carbocycles. The zero-order valence-electron chi connectivity index (χ0n) is 17.7. The highest BCUT2D eigenvalue weighted by Gasteiger charge is 2.52. The first-order valence-corrected chi connectivity index (χ1v) is 10.1. The van der Waals surface area contributed by atoms with Crippen molar-refractivity contribution in [2.45, 2.75) is 44.7 Å². The van der Waals surface area contributed by atoms with E-state index >= 15 is 0 Å². The molecule has 1 aromatic carbocycles. The Morgan fingerprint density at radius 3 is 2.38 bits per heavy atom. The van der Waals surface area contributed by atoms with Gasteiger partial charge in [-0.05, 0) is 56.3 Å². The van der Waals surface area contributed by atoms with Crippen molar-refractivity contribution in [1.82, 2.24) is 20.7 Å². The maximum atomic E-state index is 12.8. The topological polar surface area (TPSA) is 85.0 Å². The first kappa shape index (κ1) is 21.1. The van der Waals surface area contributed by atoms with Crippen molar-refractivity contribution in [3.05, 3.63) is 29.8 Å². The zero-order chi connectivity index (χ0) is 21.2. The van der Waals surface area contributed by atoms with Crippen LogP contribution in [-0.2, 0) is 16.1 Å². The second-order valence-corrected chi connectivity index (χ2v) is 8.60. The molecule has 8 nitrogen and oxygen atoms in total. The van der Waals surface area contributed by atoms with Gasteiger partial charge in [0.1, 0.15) is 5.54 Å². The summed E-state index contributed by atoms with van der Waals surface area (Å²) in [5.74, 6) is -0.179. The van der Waals surface area contributed by atoms with Gasteiger partial charge in [0.05, 0.1) is 6.54 Å². The summed E-state index contributed by atoms with van der Waals surface area (Å²) >= 11 is 0. The van der Waals surface area contributed by atoms with Crippen molar-refractivity contribution in [3.63, 3.8) is 0 Å². The van der Waals surface area contributed by atoms with E-state index in [1.165, 1.54) is 0 Å². The monoisotopic (exact) mass is 401 g/mol. The molecule has 0 radical (unpaired) electrons. The Kier molecular flexibility index (Phi) is 6.12. The molecule has 158 valence electrons. The van der Waals surface area contributed by atoms with Gasteiger partial charge in [-0.3, -0.25) is 19.9 Å². The Balaban J connectivity index is 1.53. The number of imide groups is 1. The molecule has 3 rings (SSSR count). The summed E-state index contributed by atoms with van der Waals surface area (Å²) in [6.07, 6.45) is 3.02. The van der Waals surface area contributed by atoms with Crippen molar-refractivity contribution in [1.29, 1.82) is 0 Å². The van der Waals surface area contributed by atoms with Gasteiger partial charge in [-0.15, -0.1) is 0 Å². The summed E-state index contributed by atoms with van der Waals surface area (Å²) in [5, 5.41) is 3.67. The number of anilines is 1. The first-order chi connectivity index (χ1) is 13.7. The van der Waals surface area contributed by atoms with Crippen LogP contribution in [0.15, 0.2) is 24.3 Å². The lowest BCUT2D eigenvalue weighted by atomic mass is 9.77. The van der Waals surface area contributed by atoms with Crippen molar-refractivity contribution in [3.8, 4) is 0 Å². The zero-order valence-corrected chi connectivity index (χ0v) is 17.7. The number of hydrogen-bond acceptors (Lipinski definition) is 5. The number of likely N-dealkylation sites (N-methyl/N-ethyl adjacent to an activating group) is 1. The number of carbonyl (C=O) groups is 3. The lowest BCUT2D eigenvalue weighted by molar-refractivity contribution is -0.140. The summed E-state index contributed by atoms with van der Waals surface area (Å²) in [4.78, 5) is 41.4. The number of amides is 4. The van der Waals surface area contributed by atoms with Gasteiger partial charge in [-0.2, -0.15) is 5.01 Å². The van der Waals surface area contributed by atoms with E-state index in [4.69, 9.17) is 0 Å². The molecule has 2 N–H and O–H groups in total. The van der Waals surface area contributed by atoms with E-state index in [0.29, 0.717) is 25.3 Å². The molecule has 0 unspecified atom stereocenters. The molecule has 2 aliphatic rings. The van der Waals surface area contributed by atoms with E-state index in [2.05, 4.69) is 17.7 Å². The Labute approximate surface area is 172 Å². The van der Waals surface area contributed by atoms with Gasteiger partial charge in [-0.1, -0.05) is 19.1 Å². The number of nitrogens with one attached hydrogen (secondary N) is 2. The van der Waals surface area contributed by atoms with Crippen LogP contribution in [0.5, 0.6) is 0 Å². The summed E-state index contributed by atoms with van der Waals surface area (Å²) in [6, 6.07) is 7.56. The van der Waals surface area contributed by atoms with Gasteiger partial charge >= 0.3 is 6.03 Å². The number of hydrogen-bond donors (Lipinski definition) is 2. The average Bonchev–Trinajstić information content (AvgIpc) is 2.89. The van der Waals surface area contributed by atoms with E-state index in [0.717, 1.165) is 29.1 Å². The van der Waals surface area contributed by atoms with Crippen LogP contribution in [0, 0.1) is 5.92 Å². The van der Waals surface area contributed by atoms with Gasteiger partial charge in [0.25, 0.3) is 11.8 Å². The normalized spacial score (nSPS) is 24.2. The number of rotatable bonds is 6. The third-order valence-electron chi connectivity index (χ3n) is 5.84. The molecule has 0 bridgehead atoms. The minimum atomic E-state index is -0.850. The maximum Gasteiger partial charge on any atom is 0.344 e. The number of hydrazine groups is 1. The molecule has 8 heteroatoms. The predicted molar refractivity (Wildman–Crippen MR) is 111 cm³/mol. The maximum absolute atomic E-state index is 12.8. The van der Waals surface area contributed by atoms with Crippen LogP contribution < -0.4 is 15.6 Å². The van der Waals surface area contributed by atoms with Crippen molar-refractivity contribution >= 4 is 23.5 Å². The fourth-order valence-electron chi connectivity index (χ4n) is 3.99. The lowest BCUT2D eigenvalue weighted by Gasteiger charge is -2.33. The quantitative estimate of drug-likeness (QED) is 0.709. The summed E-state index contributed by atoms with van der Waals surface area (Å²) in [7, 11) is 5.80. The van der Waals surface area contributed by atoms with E-state index in [-0.39, 0.29) is 18.4 Å². The first-order valence-electron chi connectivity index (χ1n) is 10.1. The molecule has 1 heterocycles. The summed E-state index contributed by atoms with van der Waals surface area (Å²) in [6.45, 7) is 2.82. The molecule has 1 saturated heterocycles. The molecule has 2 fully saturated rings. The minimum absolute atomic E-state index is 0.0799. The molecule has 4 amide bonds.